The van der Waals surface area contributed by atoms with Gasteiger partial charge in [-0.25, -0.2) is 14.5 Å². The van der Waals surface area contributed by atoms with E-state index in [1.54, 1.807) is 13.2 Å². The molecule has 0 bridgehead atoms. The average Bonchev–Trinajstić information content (AvgIpc) is 2.83. The van der Waals surface area contributed by atoms with Crippen molar-refractivity contribution < 1.29 is 9.90 Å². The summed E-state index contributed by atoms with van der Waals surface area (Å²) in [6.45, 7) is 0.759. The number of nitrogens with zero attached hydrogens (tertiary/aromatic N) is 5. The number of rotatable bonds is 5. The van der Waals surface area contributed by atoms with E-state index < -0.39 is 5.97 Å². The van der Waals surface area contributed by atoms with Gasteiger partial charge in [-0.2, -0.15) is 0 Å². The lowest BCUT2D eigenvalue weighted by Crippen LogP contribution is -2.23. The molecule has 0 radical (unpaired) electrons. The summed E-state index contributed by atoms with van der Waals surface area (Å²) in [5.74, 6) is -0.888. The van der Waals surface area contributed by atoms with Crippen molar-refractivity contribution in [1.82, 2.24) is 24.5 Å². The van der Waals surface area contributed by atoms with Crippen molar-refractivity contribution in [2.75, 3.05) is 11.9 Å². The van der Waals surface area contributed by atoms with Gasteiger partial charge in [0, 0.05) is 26.0 Å². The van der Waals surface area contributed by atoms with Crippen molar-refractivity contribution in [3.05, 3.63) is 34.6 Å². The number of carboxylic acid groups (broad SMARTS) is 1. The van der Waals surface area contributed by atoms with Crippen molar-refractivity contribution in [3.63, 3.8) is 0 Å². The summed E-state index contributed by atoms with van der Waals surface area (Å²) in [6.07, 6.45) is 4.40. The van der Waals surface area contributed by atoms with E-state index in [1.807, 2.05) is 0 Å². The molecule has 0 aliphatic carbocycles. The number of nitrogens with one attached hydrogen (secondary N) is 1. The largest absolute Gasteiger partial charge is 0.476 e. The van der Waals surface area contributed by atoms with E-state index in [9.17, 15) is 9.59 Å². The minimum Gasteiger partial charge on any atom is -0.476 e. The number of carbonyl (C=O) groups is 1. The summed E-state index contributed by atoms with van der Waals surface area (Å²) < 4.78 is 2.79. The van der Waals surface area contributed by atoms with E-state index in [1.165, 1.54) is 21.6 Å². The molecule has 0 atom stereocenters. The number of aromatic nitrogens is 5. The number of hydrogen-bond acceptors (Lipinski definition) is 6. The van der Waals surface area contributed by atoms with Crippen molar-refractivity contribution in [1.29, 1.82) is 0 Å². The highest BCUT2D eigenvalue weighted by molar-refractivity contribution is 5.84. The molecular formula is C10H12N6O3. The normalized spacial score (nSPS) is 10.4. The summed E-state index contributed by atoms with van der Waals surface area (Å²) in [5.41, 5.74) is -0.346. The first kappa shape index (κ1) is 12.7. The molecule has 19 heavy (non-hydrogen) atoms. The number of carboxylic acids is 1. The number of anilines is 1. The van der Waals surface area contributed by atoms with Crippen LogP contribution in [0.2, 0.25) is 0 Å². The van der Waals surface area contributed by atoms with Crippen LogP contribution in [-0.4, -0.2) is 42.2 Å². The van der Waals surface area contributed by atoms with E-state index >= 15 is 0 Å². The van der Waals surface area contributed by atoms with Gasteiger partial charge in [-0.3, -0.25) is 4.79 Å². The molecule has 2 rings (SSSR count). The van der Waals surface area contributed by atoms with Crippen LogP contribution in [0.4, 0.5) is 5.82 Å². The molecule has 0 aliphatic rings. The highest BCUT2D eigenvalue weighted by Gasteiger charge is 2.08. The molecule has 100 valence electrons. The summed E-state index contributed by atoms with van der Waals surface area (Å²) in [6, 6.07) is 0. The van der Waals surface area contributed by atoms with Crippen LogP contribution in [0.1, 0.15) is 10.5 Å². The van der Waals surface area contributed by atoms with Crippen LogP contribution >= 0.6 is 0 Å². The van der Waals surface area contributed by atoms with E-state index in [0.717, 1.165) is 0 Å². The Hall–Kier alpha value is -2.71. The standard InChI is InChI=1S/C10H12N6O3/c1-15-4-2-11-8(9(15)17)12-3-5-16-6-7(10(18)19)13-14-16/h2,4,6H,3,5H2,1H3,(H,11,12)(H,18,19). The number of aryl methyl sites for hydroxylation is 1. The first-order valence-electron chi connectivity index (χ1n) is 5.47. The van der Waals surface area contributed by atoms with E-state index in [-0.39, 0.29) is 17.1 Å². The van der Waals surface area contributed by atoms with Crippen LogP contribution < -0.4 is 10.9 Å². The Morgan fingerprint density at radius 1 is 1.53 bits per heavy atom. The molecule has 2 heterocycles. The molecule has 2 N–H and O–H groups in total. The van der Waals surface area contributed by atoms with Gasteiger partial charge in [-0.1, -0.05) is 5.21 Å². The third kappa shape index (κ3) is 2.94. The Kier molecular flexibility index (Phi) is 3.55. The summed E-state index contributed by atoms with van der Waals surface area (Å²) in [4.78, 5) is 26.2. The van der Waals surface area contributed by atoms with Gasteiger partial charge >= 0.3 is 5.97 Å². The maximum atomic E-state index is 11.6. The fraction of sp³-hybridized carbons (Fsp3) is 0.300. The van der Waals surface area contributed by atoms with Gasteiger partial charge in [0.2, 0.25) is 0 Å². The summed E-state index contributed by atoms with van der Waals surface area (Å²) >= 11 is 0. The zero-order chi connectivity index (χ0) is 13.8. The highest BCUT2D eigenvalue weighted by Crippen LogP contribution is 1.94. The maximum Gasteiger partial charge on any atom is 0.358 e. The zero-order valence-corrected chi connectivity index (χ0v) is 10.1. The van der Waals surface area contributed by atoms with Crippen LogP contribution in [0.25, 0.3) is 0 Å². The van der Waals surface area contributed by atoms with Gasteiger partial charge in [-0.05, 0) is 0 Å². The molecule has 0 spiro atoms. The molecule has 0 aliphatic heterocycles. The van der Waals surface area contributed by atoms with Crippen LogP contribution in [-0.2, 0) is 13.6 Å². The molecule has 0 fully saturated rings. The predicted molar refractivity (Wildman–Crippen MR) is 64.9 cm³/mol. The van der Waals surface area contributed by atoms with Gasteiger partial charge in [0.25, 0.3) is 5.56 Å². The predicted octanol–water partition coefficient (Wildman–Crippen LogP) is -0.818. The molecule has 9 heteroatoms. The molecular weight excluding hydrogens is 252 g/mol. The summed E-state index contributed by atoms with van der Waals surface area (Å²) in [7, 11) is 1.63. The highest BCUT2D eigenvalue weighted by atomic mass is 16.4. The SMILES string of the molecule is Cn1ccnc(NCCn2cc(C(=O)O)nn2)c1=O. The minimum atomic E-state index is -1.13. The number of aromatic carboxylic acids is 1. The van der Waals surface area contributed by atoms with Gasteiger partial charge in [-0.15, -0.1) is 5.10 Å². The van der Waals surface area contributed by atoms with Crippen molar-refractivity contribution in [2.24, 2.45) is 7.05 Å². The Labute approximate surface area is 107 Å². The molecule has 0 saturated carbocycles. The Balaban J connectivity index is 1.94. The first-order chi connectivity index (χ1) is 9.08. The smallest absolute Gasteiger partial charge is 0.358 e. The van der Waals surface area contributed by atoms with Crippen LogP contribution in [0, 0.1) is 0 Å². The van der Waals surface area contributed by atoms with Gasteiger partial charge in [0.1, 0.15) is 0 Å². The molecule has 2 aromatic heterocycles. The topological polar surface area (TPSA) is 115 Å². The monoisotopic (exact) mass is 264 g/mol. The molecule has 2 aromatic rings. The average molecular weight is 264 g/mol. The number of hydrogen-bond donors (Lipinski definition) is 2. The Morgan fingerprint density at radius 3 is 3.00 bits per heavy atom. The minimum absolute atomic E-state index is 0.117. The third-order valence-corrected chi connectivity index (χ3v) is 2.41. The van der Waals surface area contributed by atoms with Gasteiger partial charge in [0.15, 0.2) is 11.5 Å². The van der Waals surface area contributed by atoms with Gasteiger partial charge in [0.05, 0.1) is 12.7 Å². The van der Waals surface area contributed by atoms with Crippen molar-refractivity contribution in [3.8, 4) is 0 Å². The second-order valence-electron chi connectivity index (χ2n) is 3.79. The molecule has 0 unspecified atom stereocenters. The molecule has 0 saturated heterocycles. The molecule has 9 nitrogen and oxygen atoms in total. The quantitative estimate of drug-likeness (QED) is 0.725. The third-order valence-electron chi connectivity index (χ3n) is 2.41. The van der Waals surface area contributed by atoms with E-state index in [2.05, 4.69) is 20.6 Å². The van der Waals surface area contributed by atoms with Crippen molar-refractivity contribution in [2.45, 2.75) is 6.54 Å². The lowest BCUT2D eigenvalue weighted by Gasteiger charge is -2.05. The molecule has 0 aromatic carbocycles. The van der Waals surface area contributed by atoms with Crippen LogP contribution in [0.15, 0.2) is 23.4 Å². The molecule has 0 amide bonds. The second-order valence-corrected chi connectivity index (χ2v) is 3.79. The van der Waals surface area contributed by atoms with E-state index in [4.69, 9.17) is 5.11 Å². The summed E-state index contributed by atoms with van der Waals surface area (Å²) in [5, 5.41) is 18.7. The fourth-order valence-electron chi connectivity index (χ4n) is 1.41. The Bertz CT molecular complexity index is 647. The zero-order valence-electron chi connectivity index (χ0n) is 10.1. The van der Waals surface area contributed by atoms with Crippen LogP contribution in [0.5, 0.6) is 0 Å². The van der Waals surface area contributed by atoms with E-state index in [0.29, 0.717) is 13.1 Å². The van der Waals surface area contributed by atoms with Crippen molar-refractivity contribution >= 4 is 11.8 Å². The fourth-order valence-corrected chi connectivity index (χ4v) is 1.41. The maximum absolute atomic E-state index is 11.6. The lowest BCUT2D eigenvalue weighted by molar-refractivity contribution is 0.0690. The second kappa shape index (κ2) is 5.29. The van der Waals surface area contributed by atoms with Gasteiger partial charge < -0.3 is 15.0 Å². The first-order valence-corrected chi connectivity index (χ1v) is 5.47. The van der Waals surface area contributed by atoms with Crippen LogP contribution in [0.3, 0.4) is 0 Å². The Morgan fingerprint density at radius 2 is 2.32 bits per heavy atom. The lowest BCUT2D eigenvalue weighted by atomic mass is 10.5.